The molecule has 128 valence electrons. The molecule has 0 unspecified atom stereocenters. The second kappa shape index (κ2) is 9.05. The van der Waals surface area contributed by atoms with Gasteiger partial charge >= 0.3 is 0 Å². The molecule has 0 radical (unpaired) electrons. The van der Waals surface area contributed by atoms with Crippen molar-refractivity contribution in [2.75, 3.05) is 7.11 Å². The van der Waals surface area contributed by atoms with E-state index in [0.29, 0.717) is 18.7 Å². The Balaban J connectivity index is 1.80. The number of hydrazine groups is 1. The van der Waals surface area contributed by atoms with Crippen LogP contribution in [0, 0.1) is 0 Å². The topological polar surface area (TPSA) is 62.4 Å². The molecule has 24 heavy (non-hydrogen) atoms. The summed E-state index contributed by atoms with van der Waals surface area (Å²) in [6.45, 7) is 5.25. The van der Waals surface area contributed by atoms with Crippen molar-refractivity contribution >= 4 is 5.91 Å². The highest BCUT2D eigenvalue weighted by Crippen LogP contribution is 2.10. The third kappa shape index (κ3) is 5.68. The number of methoxy groups -OCH3 is 1. The number of ether oxygens (including phenoxy) is 1. The van der Waals surface area contributed by atoms with Crippen LogP contribution in [0.4, 0.5) is 0 Å². The van der Waals surface area contributed by atoms with Gasteiger partial charge in [0.1, 0.15) is 5.75 Å². The van der Waals surface area contributed by atoms with Gasteiger partial charge in [0.15, 0.2) is 0 Å². The first-order chi connectivity index (χ1) is 11.6. The van der Waals surface area contributed by atoms with Crippen molar-refractivity contribution in [2.24, 2.45) is 0 Å². The molecule has 0 saturated heterocycles. The van der Waals surface area contributed by atoms with E-state index in [0.717, 1.165) is 16.9 Å². The molecule has 0 aliphatic carbocycles. The third-order valence-corrected chi connectivity index (χ3v) is 3.48. The minimum Gasteiger partial charge on any atom is -0.497 e. The lowest BCUT2D eigenvalue weighted by molar-refractivity contribution is 0.0943. The number of hydrogen-bond donors (Lipinski definition) is 3. The van der Waals surface area contributed by atoms with Gasteiger partial charge in [0, 0.05) is 24.7 Å². The standard InChI is InChI=1S/C19H25N3O2/c1-14(2)22-19(23)17-6-4-5-16(11-17)13-21-20-12-15-7-9-18(24-3)10-8-15/h4-11,14,20-21H,12-13H2,1-3H3,(H,22,23). The summed E-state index contributed by atoms with van der Waals surface area (Å²) >= 11 is 0. The molecule has 0 bridgehead atoms. The van der Waals surface area contributed by atoms with Gasteiger partial charge in [0.2, 0.25) is 0 Å². The van der Waals surface area contributed by atoms with Gasteiger partial charge in [-0.05, 0) is 49.2 Å². The predicted molar refractivity (Wildman–Crippen MR) is 95.7 cm³/mol. The Hall–Kier alpha value is -2.37. The molecule has 5 heteroatoms. The highest BCUT2D eigenvalue weighted by Gasteiger charge is 2.07. The molecule has 1 amide bonds. The number of rotatable bonds is 8. The smallest absolute Gasteiger partial charge is 0.251 e. The lowest BCUT2D eigenvalue weighted by Gasteiger charge is -2.11. The summed E-state index contributed by atoms with van der Waals surface area (Å²) in [5.41, 5.74) is 9.24. The molecule has 0 heterocycles. The maximum Gasteiger partial charge on any atom is 0.251 e. The summed E-state index contributed by atoms with van der Waals surface area (Å²) in [6, 6.07) is 15.7. The lowest BCUT2D eigenvalue weighted by atomic mass is 10.1. The first-order valence-electron chi connectivity index (χ1n) is 8.07. The second-order valence-electron chi connectivity index (χ2n) is 5.88. The molecule has 0 saturated carbocycles. The fourth-order valence-electron chi connectivity index (χ4n) is 2.24. The fraction of sp³-hybridized carbons (Fsp3) is 0.316. The number of benzene rings is 2. The van der Waals surface area contributed by atoms with Gasteiger partial charge in [-0.3, -0.25) is 15.6 Å². The first-order valence-corrected chi connectivity index (χ1v) is 8.07. The average molecular weight is 327 g/mol. The van der Waals surface area contributed by atoms with Gasteiger partial charge < -0.3 is 10.1 Å². The normalized spacial score (nSPS) is 10.7. The summed E-state index contributed by atoms with van der Waals surface area (Å²) in [6.07, 6.45) is 0. The van der Waals surface area contributed by atoms with Crippen molar-refractivity contribution in [3.63, 3.8) is 0 Å². The number of carbonyl (C=O) groups is 1. The molecule has 5 nitrogen and oxygen atoms in total. The van der Waals surface area contributed by atoms with E-state index < -0.39 is 0 Å². The van der Waals surface area contributed by atoms with Crippen LogP contribution in [-0.2, 0) is 13.1 Å². The molecule has 2 aromatic carbocycles. The van der Waals surface area contributed by atoms with Crippen molar-refractivity contribution in [2.45, 2.75) is 33.0 Å². The highest BCUT2D eigenvalue weighted by atomic mass is 16.5. The van der Waals surface area contributed by atoms with E-state index in [1.165, 1.54) is 0 Å². The summed E-state index contributed by atoms with van der Waals surface area (Å²) in [4.78, 5) is 12.0. The van der Waals surface area contributed by atoms with Crippen LogP contribution in [-0.4, -0.2) is 19.1 Å². The minimum absolute atomic E-state index is 0.0435. The largest absolute Gasteiger partial charge is 0.497 e. The third-order valence-electron chi connectivity index (χ3n) is 3.48. The van der Waals surface area contributed by atoms with E-state index in [-0.39, 0.29) is 11.9 Å². The van der Waals surface area contributed by atoms with Crippen molar-refractivity contribution in [3.8, 4) is 5.75 Å². The van der Waals surface area contributed by atoms with Gasteiger partial charge in [-0.25, -0.2) is 0 Å². The zero-order chi connectivity index (χ0) is 17.4. The molecular formula is C19H25N3O2. The molecule has 0 aliphatic rings. The van der Waals surface area contributed by atoms with Crippen LogP contribution in [0.3, 0.4) is 0 Å². The molecule has 0 atom stereocenters. The van der Waals surface area contributed by atoms with Crippen molar-refractivity contribution in [1.29, 1.82) is 0 Å². The molecule has 0 spiro atoms. The minimum atomic E-state index is -0.0435. The number of hydrogen-bond acceptors (Lipinski definition) is 4. The maximum absolute atomic E-state index is 12.0. The number of carbonyl (C=O) groups excluding carboxylic acids is 1. The first kappa shape index (κ1) is 18.0. The highest BCUT2D eigenvalue weighted by molar-refractivity contribution is 5.94. The van der Waals surface area contributed by atoms with Crippen LogP contribution in [0.25, 0.3) is 0 Å². The Morgan fingerprint density at radius 2 is 1.67 bits per heavy atom. The molecule has 2 aromatic rings. The summed E-state index contributed by atoms with van der Waals surface area (Å²) in [5, 5.41) is 2.90. The molecule has 3 N–H and O–H groups in total. The second-order valence-corrected chi connectivity index (χ2v) is 5.88. The SMILES string of the molecule is COc1ccc(CNNCc2cccc(C(=O)NC(C)C)c2)cc1. The van der Waals surface area contributed by atoms with Gasteiger partial charge in [-0.1, -0.05) is 24.3 Å². The van der Waals surface area contributed by atoms with E-state index in [1.54, 1.807) is 7.11 Å². The van der Waals surface area contributed by atoms with Gasteiger partial charge in [0.05, 0.1) is 7.11 Å². The monoisotopic (exact) mass is 327 g/mol. The van der Waals surface area contributed by atoms with E-state index in [2.05, 4.69) is 16.2 Å². The Kier molecular flexibility index (Phi) is 6.78. The van der Waals surface area contributed by atoms with Gasteiger partial charge in [-0.15, -0.1) is 0 Å². The Labute approximate surface area is 143 Å². The Bertz CT molecular complexity index is 654. The van der Waals surface area contributed by atoms with E-state index in [4.69, 9.17) is 4.74 Å². The molecule has 0 aliphatic heterocycles. The number of nitrogens with one attached hydrogen (secondary N) is 3. The lowest BCUT2D eigenvalue weighted by Crippen LogP contribution is -2.31. The molecule has 0 aromatic heterocycles. The van der Waals surface area contributed by atoms with Crippen LogP contribution in [0.1, 0.15) is 35.3 Å². The predicted octanol–water partition coefficient (Wildman–Crippen LogP) is 2.63. The zero-order valence-corrected chi connectivity index (χ0v) is 14.4. The molecule has 2 rings (SSSR count). The quantitative estimate of drug-likeness (QED) is 0.515. The average Bonchev–Trinajstić information content (AvgIpc) is 2.59. The van der Waals surface area contributed by atoms with Crippen molar-refractivity contribution < 1.29 is 9.53 Å². The molecular weight excluding hydrogens is 302 g/mol. The van der Waals surface area contributed by atoms with E-state index in [9.17, 15) is 4.79 Å². The Morgan fingerprint density at radius 3 is 2.29 bits per heavy atom. The number of amides is 1. The summed E-state index contributed by atoms with van der Waals surface area (Å²) in [5.74, 6) is 0.807. The fourth-order valence-corrected chi connectivity index (χ4v) is 2.24. The van der Waals surface area contributed by atoms with Crippen molar-refractivity contribution in [3.05, 3.63) is 65.2 Å². The van der Waals surface area contributed by atoms with Crippen LogP contribution < -0.4 is 20.9 Å². The van der Waals surface area contributed by atoms with Crippen molar-refractivity contribution in [1.82, 2.24) is 16.2 Å². The van der Waals surface area contributed by atoms with E-state index >= 15 is 0 Å². The van der Waals surface area contributed by atoms with Gasteiger partial charge in [-0.2, -0.15) is 0 Å². The van der Waals surface area contributed by atoms with Crippen LogP contribution >= 0.6 is 0 Å². The van der Waals surface area contributed by atoms with E-state index in [1.807, 2.05) is 62.4 Å². The molecule has 0 fully saturated rings. The van der Waals surface area contributed by atoms with Crippen LogP contribution in [0.5, 0.6) is 5.75 Å². The maximum atomic E-state index is 12.0. The van der Waals surface area contributed by atoms with Gasteiger partial charge in [0.25, 0.3) is 5.91 Å². The summed E-state index contributed by atoms with van der Waals surface area (Å²) in [7, 11) is 1.66. The van der Waals surface area contributed by atoms with Crippen LogP contribution in [0.15, 0.2) is 48.5 Å². The Morgan fingerprint density at radius 1 is 1.00 bits per heavy atom. The zero-order valence-electron chi connectivity index (χ0n) is 14.4. The summed E-state index contributed by atoms with van der Waals surface area (Å²) < 4.78 is 5.14. The van der Waals surface area contributed by atoms with Crippen LogP contribution in [0.2, 0.25) is 0 Å².